The quantitative estimate of drug-likeness (QED) is 0.690. The van der Waals surface area contributed by atoms with Crippen LogP contribution >= 0.6 is 0 Å². The Morgan fingerprint density at radius 3 is 2.36 bits per heavy atom. The Bertz CT molecular complexity index is 1340. The molecule has 0 unspecified atom stereocenters. The van der Waals surface area contributed by atoms with Crippen molar-refractivity contribution in [1.82, 2.24) is 0 Å². The molecule has 1 spiro atoms. The summed E-state index contributed by atoms with van der Waals surface area (Å²) in [7, 11) is 0. The smallest absolute Gasteiger partial charge is 0.245 e. The molecule has 1 atom stereocenters. The summed E-state index contributed by atoms with van der Waals surface area (Å²) >= 11 is 0. The zero-order valence-electron chi connectivity index (χ0n) is 19.2. The monoisotopic (exact) mass is 438 g/mol. The SMILES string of the molecule is Cc1ccc(N2C(N)=C(C#N)[C@]3(C(=O)Nc4ccc(C)cc43)C3=C2CC(C)(C)CC3=O)cc1. The second kappa shape index (κ2) is 6.82. The zero-order valence-corrected chi connectivity index (χ0v) is 19.2. The Kier molecular flexibility index (Phi) is 4.35. The number of carbonyl (C=O) groups excluding carboxylic acids is 2. The number of nitrogens with zero attached hydrogens (tertiary/aromatic N) is 2. The Morgan fingerprint density at radius 2 is 1.70 bits per heavy atom. The molecule has 2 heterocycles. The van der Waals surface area contributed by atoms with E-state index in [1.54, 1.807) is 4.90 Å². The van der Waals surface area contributed by atoms with Crippen molar-refractivity contribution in [2.75, 3.05) is 10.2 Å². The van der Waals surface area contributed by atoms with Gasteiger partial charge in [-0.15, -0.1) is 0 Å². The number of nitriles is 1. The molecule has 0 saturated heterocycles. The van der Waals surface area contributed by atoms with Crippen LogP contribution in [0.25, 0.3) is 0 Å². The van der Waals surface area contributed by atoms with Gasteiger partial charge in [0.15, 0.2) is 5.78 Å². The summed E-state index contributed by atoms with van der Waals surface area (Å²) < 4.78 is 0. The Labute approximate surface area is 193 Å². The van der Waals surface area contributed by atoms with Gasteiger partial charge in [-0.05, 0) is 43.9 Å². The topological polar surface area (TPSA) is 99.2 Å². The van der Waals surface area contributed by atoms with E-state index in [2.05, 4.69) is 11.4 Å². The van der Waals surface area contributed by atoms with Crippen molar-refractivity contribution in [2.24, 2.45) is 11.1 Å². The van der Waals surface area contributed by atoms with E-state index in [1.807, 2.05) is 70.2 Å². The molecule has 6 heteroatoms. The van der Waals surface area contributed by atoms with E-state index in [-0.39, 0.29) is 22.6 Å². The first-order valence-corrected chi connectivity index (χ1v) is 11.1. The highest BCUT2D eigenvalue weighted by Gasteiger charge is 2.61. The number of allylic oxidation sites excluding steroid dienone is 1. The van der Waals surface area contributed by atoms with Crippen LogP contribution in [0.4, 0.5) is 11.4 Å². The van der Waals surface area contributed by atoms with Gasteiger partial charge in [0.2, 0.25) is 5.91 Å². The van der Waals surface area contributed by atoms with E-state index < -0.39 is 11.3 Å². The maximum atomic E-state index is 13.8. The highest BCUT2D eigenvalue weighted by atomic mass is 16.2. The number of aryl methyl sites for hydroxylation is 2. The van der Waals surface area contributed by atoms with Crippen molar-refractivity contribution < 1.29 is 9.59 Å². The van der Waals surface area contributed by atoms with Gasteiger partial charge in [0.1, 0.15) is 17.3 Å². The molecule has 3 N–H and O–H groups in total. The van der Waals surface area contributed by atoms with Crippen molar-refractivity contribution >= 4 is 23.1 Å². The summed E-state index contributed by atoms with van der Waals surface area (Å²) in [4.78, 5) is 29.3. The third-order valence-corrected chi connectivity index (χ3v) is 6.94. The molecule has 0 aromatic heterocycles. The first kappa shape index (κ1) is 21.0. The lowest BCUT2D eigenvalue weighted by atomic mass is 9.60. The molecular formula is C27H26N4O2. The Balaban J connectivity index is 1.90. The van der Waals surface area contributed by atoms with Gasteiger partial charge >= 0.3 is 0 Å². The number of nitrogens with one attached hydrogen (secondary N) is 1. The summed E-state index contributed by atoms with van der Waals surface area (Å²) in [5, 5.41) is 13.3. The van der Waals surface area contributed by atoms with Gasteiger partial charge in [0.25, 0.3) is 0 Å². The number of Topliss-reactive ketones (excluding diaryl/α,β-unsaturated/α-hetero) is 1. The van der Waals surface area contributed by atoms with Crippen LogP contribution in [0.2, 0.25) is 0 Å². The zero-order chi connectivity index (χ0) is 23.7. The fourth-order valence-corrected chi connectivity index (χ4v) is 5.52. The minimum atomic E-state index is -1.54. The summed E-state index contributed by atoms with van der Waals surface area (Å²) in [5.74, 6) is -0.329. The molecule has 0 bridgehead atoms. The highest BCUT2D eigenvalue weighted by molar-refractivity contribution is 6.20. The van der Waals surface area contributed by atoms with E-state index in [0.717, 1.165) is 16.8 Å². The van der Waals surface area contributed by atoms with Gasteiger partial charge in [-0.3, -0.25) is 14.5 Å². The standard InChI is InChI=1S/C27H26N4O2/c1-15-5-8-17(9-6-15)31-21-12-26(3,4)13-22(32)23(21)27(19(14-28)24(31)29)18-11-16(2)7-10-20(18)30-25(27)33/h5-11H,12-13,29H2,1-4H3,(H,30,33)/t27-/m0/s1. The number of hydrogen-bond acceptors (Lipinski definition) is 5. The van der Waals surface area contributed by atoms with Crippen molar-refractivity contribution in [3.63, 3.8) is 0 Å². The summed E-state index contributed by atoms with van der Waals surface area (Å²) in [6.45, 7) is 8.01. The van der Waals surface area contributed by atoms with Crippen LogP contribution in [0.3, 0.4) is 0 Å². The van der Waals surface area contributed by atoms with E-state index in [4.69, 9.17) is 5.73 Å². The van der Waals surface area contributed by atoms with Gasteiger partial charge in [0, 0.05) is 34.6 Å². The van der Waals surface area contributed by atoms with Crippen LogP contribution < -0.4 is 16.0 Å². The third kappa shape index (κ3) is 2.78. The Hall–Kier alpha value is -3.85. The minimum Gasteiger partial charge on any atom is -0.384 e. The van der Waals surface area contributed by atoms with Crippen molar-refractivity contribution in [3.05, 3.63) is 81.8 Å². The maximum Gasteiger partial charge on any atom is 0.245 e. The molecule has 6 nitrogen and oxygen atoms in total. The lowest BCUT2D eigenvalue weighted by Gasteiger charge is -2.46. The third-order valence-electron chi connectivity index (χ3n) is 6.94. The van der Waals surface area contributed by atoms with Crippen molar-refractivity contribution in [3.8, 4) is 6.07 Å². The molecule has 5 rings (SSSR count). The number of anilines is 2. The molecular weight excluding hydrogens is 412 g/mol. The first-order valence-electron chi connectivity index (χ1n) is 11.1. The maximum absolute atomic E-state index is 13.8. The fourth-order valence-electron chi connectivity index (χ4n) is 5.52. The predicted molar refractivity (Wildman–Crippen MR) is 127 cm³/mol. The molecule has 3 aliphatic rings. The second-order valence-corrected chi connectivity index (χ2v) is 10.1. The first-order chi connectivity index (χ1) is 15.6. The van der Waals surface area contributed by atoms with E-state index >= 15 is 0 Å². The average Bonchev–Trinajstić information content (AvgIpc) is 3.00. The molecule has 2 aromatic carbocycles. The molecule has 0 radical (unpaired) electrons. The van der Waals surface area contributed by atoms with Gasteiger partial charge in [-0.2, -0.15) is 5.26 Å². The number of amides is 1. The van der Waals surface area contributed by atoms with Crippen molar-refractivity contribution in [2.45, 2.75) is 46.0 Å². The van der Waals surface area contributed by atoms with E-state index in [0.29, 0.717) is 35.4 Å². The summed E-state index contributed by atoms with van der Waals surface area (Å²) in [6.07, 6.45) is 0.847. The number of benzene rings is 2. The second-order valence-electron chi connectivity index (χ2n) is 10.1. The highest BCUT2D eigenvalue weighted by Crippen LogP contribution is 2.57. The van der Waals surface area contributed by atoms with Crippen LogP contribution in [0.15, 0.2) is 65.1 Å². The molecule has 1 amide bonds. The number of hydrogen-bond donors (Lipinski definition) is 2. The van der Waals surface area contributed by atoms with Crippen LogP contribution in [-0.4, -0.2) is 11.7 Å². The van der Waals surface area contributed by atoms with Crippen LogP contribution in [0.5, 0.6) is 0 Å². The summed E-state index contributed by atoms with van der Waals surface area (Å²) in [5.41, 5.74) is 10.0. The Morgan fingerprint density at radius 1 is 1.03 bits per heavy atom. The van der Waals surface area contributed by atoms with E-state index in [9.17, 15) is 14.9 Å². The predicted octanol–water partition coefficient (Wildman–Crippen LogP) is 4.35. The minimum absolute atomic E-state index is 0.0942. The van der Waals surface area contributed by atoms with Crippen LogP contribution in [0.1, 0.15) is 43.4 Å². The number of ketones is 1. The van der Waals surface area contributed by atoms with Gasteiger partial charge in [-0.25, -0.2) is 0 Å². The molecule has 2 aromatic rings. The van der Waals surface area contributed by atoms with Gasteiger partial charge < -0.3 is 11.1 Å². The molecule has 33 heavy (non-hydrogen) atoms. The van der Waals surface area contributed by atoms with Gasteiger partial charge in [0.05, 0.1) is 5.57 Å². The molecule has 0 fully saturated rings. The number of rotatable bonds is 1. The fraction of sp³-hybridized carbons (Fsp3) is 0.296. The lowest BCUT2D eigenvalue weighted by molar-refractivity contribution is -0.123. The molecule has 1 aliphatic carbocycles. The van der Waals surface area contributed by atoms with E-state index in [1.165, 1.54) is 0 Å². The van der Waals surface area contributed by atoms with Crippen LogP contribution in [0, 0.1) is 30.6 Å². The van der Waals surface area contributed by atoms with Crippen LogP contribution in [-0.2, 0) is 15.0 Å². The summed E-state index contributed by atoms with van der Waals surface area (Å²) in [6, 6.07) is 15.6. The lowest BCUT2D eigenvalue weighted by Crippen LogP contribution is -2.52. The molecule has 0 saturated carbocycles. The van der Waals surface area contributed by atoms with Crippen molar-refractivity contribution in [1.29, 1.82) is 5.26 Å². The molecule has 2 aliphatic heterocycles. The average molecular weight is 439 g/mol. The largest absolute Gasteiger partial charge is 0.384 e. The normalized spacial score (nSPS) is 23.4. The molecule has 166 valence electrons. The number of carbonyl (C=O) groups is 2. The van der Waals surface area contributed by atoms with Gasteiger partial charge in [-0.1, -0.05) is 49.2 Å². The number of fused-ring (bicyclic) bond motifs is 3. The number of nitrogens with two attached hydrogens (primary N) is 1.